The zero-order valence-electron chi connectivity index (χ0n) is 13.0. The second-order valence-electron chi connectivity index (χ2n) is 5.53. The third-order valence-corrected chi connectivity index (χ3v) is 3.66. The van der Waals surface area contributed by atoms with Gasteiger partial charge in [0.25, 0.3) is 5.91 Å². The largest absolute Gasteiger partial charge is 0.384 e. The Morgan fingerprint density at radius 3 is 2.95 bits per heavy atom. The van der Waals surface area contributed by atoms with Crippen LogP contribution >= 0.6 is 0 Å². The summed E-state index contributed by atoms with van der Waals surface area (Å²) in [5, 5.41) is 3.25. The van der Waals surface area contributed by atoms with E-state index >= 15 is 0 Å². The van der Waals surface area contributed by atoms with E-state index in [0.717, 1.165) is 38.1 Å². The Bertz CT molecular complexity index is 441. The molecule has 1 atom stereocenters. The molecule has 0 aliphatic carbocycles. The van der Waals surface area contributed by atoms with Gasteiger partial charge in [-0.15, -0.1) is 0 Å². The highest BCUT2D eigenvalue weighted by Crippen LogP contribution is 2.14. The van der Waals surface area contributed by atoms with E-state index in [9.17, 15) is 4.79 Å². The molecule has 1 N–H and O–H groups in total. The Balaban J connectivity index is 1.88. The summed E-state index contributed by atoms with van der Waals surface area (Å²) in [6.07, 6.45) is 6.28. The molecule has 1 unspecified atom stereocenters. The first kappa shape index (κ1) is 15.8. The van der Waals surface area contributed by atoms with Crippen molar-refractivity contribution in [2.24, 2.45) is 0 Å². The van der Waals surface area contributed by atoms with E-state index in [0.29, 0.717) is 12.2 Å². The molecule has 1 aromatic rings. The molecular weight excluding hydrogens is 266 g/mol. The molecule has 0 spiro atoms. The van der Waals surface area contributed by atoms with E-state index in [2.05, 4.69) is 17.2 Å². The fourth-order valence-electron chi connectivity index (χ4n) is 2.43. The number of likely N-dealkylation sites (N-methyl/N-ethyl adjacent to an activating group) is 1. The van der Waals surface area contributed by atoms with E-state index < -0.39 is 0 Å². The quantitative estimate of drug-likeness (QED) is 0.875. The number of aromatic nitrogens is 1. The van der Waals surface area contributed by atoms with Crippen molar-refractivity contribution in [3.63, 3.8) is 0 Å². The third kappa shape index (κ3) is 4.70. The van der Waals surface area contributed by atoms with Crippen LogP contribution in [0.2, 0.25) is 0 Å². The average molecular weight is 291 g/mol. The lowest BCUT2D eigenvalue weighted by Crippen LogP contribution is -2.37. The molecule has 1 aromatic heterocycles. The summed E-state index contributed by atoms with van der Waals surface area (Å²) in [5.74, 6) is -0.0498. The fourth-order valence-corrected chi connectivity index (χ4v) is 2.43. The first-order chi connectivity index (χ1) is 10.2. The summed E-state index contributed by atoms with van der Waals surface area (Å²) >= 11 is 0. The highest BCUT2D eigenvalue weighted by molar-refractivity contribution is 5.92. The Kier molecular flexibility index (Phi) is 5.99. The summed E-state index contributed by atoms with van der Waals surface area (Å²) in [7, 11) is 1.81. The number of hydrogen-bond donors (Lipinski definition) is 1. The zero-order chi connectivity index (χ0) is 15.1. The Morgan fingerprint density at radius 1 is 1.48 bits per heavy atom. The van der Waals surface area contributed by atoms with Crippen molar-refractivity contribution in [2.75, 3.05) is 32.1 Å². The van der Waals surface area contributed by atoms with Crippen LogP contribution in [0, 0.1) is 0 Å². The normalized spacial score (nSPS) is 18.3. The molecule has 1 aliphatic heterocycles. The van der Waals surface area contributed by atoms with E-state index in [1.54, 1.807) is 17.2 Å². The van der Waals surface area contributed by atoms with Gasteiger partial charge in [0.15, 0.2) is 0 Å². The van der Waals surface area contributed by atoms with Crippen molar-refractivity contribution in [2.45, 2.75) is 38.7 Å². The first-order valence-corrected chi connectivity index (χ1v) is 7.77. The number of carbonyl (C=O) groups excluding carboxylic acids is 1. The highest BCUT2D eigenvalue weighted by atomic mass is 16.5. The topological polar surface area (TPSA) is 54.5 Å². The lowest BCUT2D eigenvalue weighted by atomic mass is 10.1. The minimum Gasteiger partial charge on any atom is -0.384 e. The number of pyridine rings is 1. The van der Waals surface area contributed by atoms with Crippen LogP contribution in [0.25, 0.3) is 0 Å². The fraction of sp³-hybridized carbons (Fsp3) is 0.625. The van der Waals surface area contributed by atoms with Crippen LogP contribution < -0.4 is 5.32 Å². The van der Waals surface area contributed by atoms with Crippen LogP contribution in [0.4, 0.5) is 5.69 Å². The molecule has 0 saturated carbocycles. The monoisotopic (exact) mass is 291 g/mol. The van der Waals surface area contributed by atoms with Gasteiger partial charge in [0.1, 0.15) is 5.69 Å². The first-order valence-electron chi connectivity index (χ1n) is 7.77. The molecule has 0 radical (unpaired) electrons. The minimum atomic E-state index is -0.0498. The summed E-state index contributed by atoms with van der Waals surface area (Å²) in [5.41, 5.74) is 1.43. The maximum atomic E-state index is 12.3. The van der Waals surface area contributed by atoms with Crippen LogP contribution in [-0.4, -0.2) is 48.6 Å². The van der Waals surface area contributed by atoms with Crippen molar-refractivity contribution in [3.8, 4) is 0 Å². The van der Waals surface area contributed by atoms with Gasteiger partial charge in [0, 0.05) is 26.7 Å². The smallest absolute Gasteiger partial charge is 0.272 e. The molecule has 5 heteroatoms. The van der Waals surface area contributed by atoms with Gasteiger partial charge < -0.3 is 15.0 Å². The number of nitrogens with one attached hydrogen (secondary N) is 1. The molecule has 116 valence electrons. The van der Waals surface area contributed by atoms with Gasteiger partial charge in [-0.25, -0.2) is 4.98 Å². The van der Waals surface area contributed by atoms with Crippen LogP contribution in [0.5, 0.6) is 0 Å². The number of nitrogens with zero attached hydrogens (tertiary/aromatic N) is 2. The van der Waals surface area contributed by atoms with Crippen molar-refractivity contribution in [3.05, 3.63) is 24.0 Å². The number of ether oxygens (including phenoxy) is 1. The predicted octanol–water partition coefficient (Wildman–Crippen LogP) is 2.54. The van der Waals surface area contributed by atoms with E-state index in [1.807, 2.05) is 13.1 Å². The third-order valence-electron chi connectivity index (χ3n) is 3.66. The molecule has 5 nitrogen and oxygen atoms in total. The molecule has 0 aromatic carbocycles. The molecule has 1 aliphatic rings. The van der Waals surface area contributed by atoms with Gasteiger partial charge in [0.05, 0.1) is 18.0 Å². The average Bonchev–Trinajstić information content (AvgIpc) is 2.53. The molecule has 1 fully saturated rings. The Morgan fingerprint density at radius 2 is 2.33 bits per heavy atom. The number of hydrogen-bond acceptors (Lipinski definition) is 4. The van der Waals surface area contributed by atoms with Gasteiger partial charge >= 0.3 is 0 Å². The van der Waals surface area contributed by atoms with Crippen LogP contribution in [0.15, 0.2) is 18.3 Å². The summed E-state index contributed by atoms with van der Waals surface area (Å²) in [6.45, 7) is 4.47. The predicted molar refractivity (Wildman–Crippen MR) is 83.6 cm³/mol. The van der Waals surface area contributed by atoms with E-state index in [1.165, 1.54) is 6.42 Å². The van der Waals surface area contributed by atoms with Crippen molar-refractivity contribution >= 4 is 11.6 Å². The SMILES string of the molecule is CCCNc1ccc(C(=O)N(C)CC2CCCCO2)nc1. The van der Waals surface area contributed by atoms with Gasteiger partial charge in [-0.1, -0.05) is 6.92 Å². The molecule has 2 rings (SSSR count). The van der Waals surface area contributed by atoms with E-state index in [-0.39, 0.29) is 12.0 Å². The molecule has 1 amide bonds. The number of carbonyl (C=O) groups is 1. The molecule has 2 heterocycles. The van der Waals surface area contributed by atoms with Gasteiger partial charge in [-0.2, -0.15) is 0 Å². The molecule has 0 bridgehead atoms. The maximum absolute atomic E-state index is 12.3. The summed E-state index contributed by atoms with van der Waals surface area (Å²) < 4.78 is 5.67. The molecule has 21 heavy (non-hydrogen) atoms. The zero-order valence-corrected chi connectivity index (χ0v) is 13.0. The molecule has 1 saturated heterocycles. The van der Waals surface area contributed by atoms with Gasteiger partial charge in [0.2, 0.25) is 0 Å². The second-order valence-corrected chi connectivity index (χ2v) is 5.53. The van der Waals surface area contributed by atoms with Crippen molar-refractivity contribution in [1.29, 1.82) is 0 Å². The Labute approximate surface area is 126 Å². The highest BCUT2D eigenvalue weighted by Gasteiger charge is 2.20. The van der Waals surface area contributed by atoms with Gasteiger partial charge in [-0.05, 0) is 37.8 Å². The summed E-state index contributed by atoms with van der Waals surface area (Å²) in [6, 6.07) is 3.68. The Hall–Kier alpha value is -1.62. The summed E-state index contributed by atoms with van der Waals surface area (Å²) in [4.78, 5) is 18.3. The lowest BCUT2D eigenvalue weighted by Gasteiger charge is -2.27. The van der Waals surface area contributed by atoms with Crippen LogP contribution in [0.3, 0.4) is 0 Å². The van der Waals surface area contributed by atoms with Crippen LogP contribution in [0.1, 0.15) is 43.1 Å². The van der Waals surface area contributed by atoms with Crippen molar-refractivity contribution < 1.29 is 9.53 Å². The number of anilines is 1. The number of rotatable bonds is 6. The van der Waals surface area contributed by atoms with Crippen LogP contribution in [-0.2, 0) is 4.74 Å². The van der Waals surface area contributed by atoms with Crippen molar-refractivity contribution in [1.82, 2.24) is 9.88 Å². The second kappa shape index (κ2) is 7.98. The molecular formula is C16H25N3O2. The minimum absolute atomic E-state index is 0.0498. The number of amides is 1. The lowest BCUT2D eigenvalue weighted by molar-refractivity contribution is -0.000289. The standard InChI is InChI=1S/C16H25N3O2/c1-3-9-17-13-7-8-15(18-11-13)16(20)19(2)12-14-6-4-5-10-21-14/h7-8,11,14,17H,3-6,9-10,12H2,1-2H3. The maximum Gasteiger partial charge on any atom is 0.272 e. The van der Waals surface area contributed by atoms with E-state index in [4.69, 9.17) is 4.74 Å². The van der Waals surface area contributed by atoms with Gasteiger partial charge in [-0.3, -0.25) is 4.79 Å².